The number of aromatic nitrogens is 2. The average molecular weight is 304 g/mol. The van der Waals surface area contributed by atoms with E-state index in [-0.39, 0.29) is 0 Å². The molecule has 0 bridgehead atoms. The second kappa shape index (κ2) is 5.37. The molecule has 0 amide bonds. The highest BCUT2D eigenvalue weighted by atomic mass is 35.5. The minimum atomic E-state index is -0.411. The van der Waals surface area contributed by atoms with Gasteiger partial charge in [0.2, 0.25) is 0 Å². The van der Waals surface area contributed by atoms with Crippen LogP contribution in [-0.4, -0.2) is 9.97 Å². The first-order chi connectivity index (χ1) is 9.66. The van der Waals surface area contributed by atoms with Crippen molar-refractivity contribution in [3.8, 4) is 0 Å². The molecule has 0 aliphatic carbocycles. The Kier molecular flexibility index (Phi) is 3.57. The Hall–Kier alpha value is -1.68. The Morgan fingerprint density at radius 2 is 1.95 bits per heavy atom. The molecule has 0 fully saturated rings. The summed E-state index contributed by atoms with van der Waals surface area (Å²) in [6, 6.07) is 9.09. The fourth-order valence-corrected chi connectivity index (χ4v) is 2.72. The Labute approximate surface area is 126 Å². The van der Waals surface area contributed by atoms with Crippen molar-refractivity contribution < 1.29 is 0 Å². The summed E-state index contributed by atoms with van der Waals surface area (Å²) in [7, 11) is 0. The van der Waals surface area contributed by atoms with E-state index >= 15 is 0 Å². The SMILES string of the molecule is NC(c1ncc(Cl)cc1Cl)c1cccc2cnccc12. The van der Waals surface area contributed by atoms with E-state index in [9.17, 15) is 0 Å². The molecule has 0 spiro atoms. The molecule has 2 N–H and O–H groups in total. The van der Waals surface area contributed by atoms with Gasteiger partial charge in [0.25, 0.3) is 0 Å². The van der Waals surface area contributed by atoms with Crippen LogP contribution in [0.4, 0.5) is 0 Å². The zero-order chi connectivity index (χ0) is 14.1. The molecule has 20 heavy (non-hydrogen) atoms. The van der Waals surface area contributed by atoms with E-state index in [4.69, 9.17) is 28.9 Å². The molecular weight excluding hydrogens is 293 g/mol. The number of rotatable bonds is 2. The van der Waals surface area contributed by atoms with Gasteiger partial charge < -0.3 is 5.73 Å². The highest BCUT2D eigenvalue weighted by molar-refractivity contribution is 6.34. The summed E-state index contributed by atoms with van der Waals surface area (Å²) in [6.07, 6.45) is 5.10. The van der Waals surface area contributed by atoms with Gasteiger partial charge in [-0.25, -0.2) is 0 Å². The van der Waals surface area contributed by atoms with Gasteiger partial charge in [-0.05, 0) is 23.1 Å². The lowest BCUT2D eigenvalue weighted by atomic mass is 9.98. The zero-order valence-corrected chi connectivity index (χ0v) is 11.9. The van der Waals surface area contributed by atoms with Crippen LogP contribution in [0.25, 0.3) is 10.8 Å². The molecule has 0 saturated heterocycles. The summed E-state index contributed by atoms with van der Waals surface area (Å²) in [6.45, 7) is 0. The lowest BCUT2D eigenvalue weighted by Crippen LogP contribution is -2.14. The molecule has 1 aromatic carbocycles. The van der Waals surface area contributed by atoms with Gasteiger partial charge in [-0.2, -0.15) is 0 Å². The first kappa shape index (κ1) is 13.3. The van der Waals surface area contributed by atoms with Crippen LogP contribution in [0, 0.1) is 0 Å². The molecule has 1 unspecified atom stereocenters. The van der Waals surface area contributed by atoms with Crippen LogP contribution in [0.2, 0.25) is 10.0 Å². The molecule has 2 aromatic heterocycles. The molecule has 2 heterocycles. The predicted octanol–water partition coefficient (Wildman–Crippen LogP) is 3.98. The molecule has 0 saturated carbocycles. The van der Waals surface area contributed by atoms with Gasteiger partial charge in [-0.15, -0.1) is 0 Å². The van der Waals surface area contributed by atoms with Crippen molar-refractivity contribution >= 4 is 34.0 Å². The largest absolute Gasteiger partial charge is 0.319 e. The Morgan fingerprint density at radius 3 is 2.75 bits per heavy atom. The quantitative estimate of drug-likeness (QED) is 0.779. The number of benzene rings is 1. The topological polar surface area (TPSA) is 51.8 Å². The number of halogens is 2. The van der Waals surface area contributed by atoms with Gasteiger partial charge in [-0.3, -0.25) is 9.97 Å². The first-order valence-corrected chi connectivity index (χ1v) is 6.81. The monoisotopic (exact) mass is 303 g/mol. The third-order valence-corrected chi connectivity index (χ3v) is 3.69. The average Bonchev–Trinajstić information content (AvgIpc) is 2.46. The van der Waals surface area contributed by atoms with Crippen LogP contribution in [0.5, 0.6) is 0 Å². The highest BCUT2D eigenvalue weighted by Gasteiger charge is 2.16. The van der Waals surface area contributed by atoms with E-state index in [1.807, 2.05) is 30.5 Å². The minimum Gasteiger partial charge on any atom is -0.319 e. The molecule has 1 atom stereocenters. The molecule has 3 nitrogen and oxygen atoms in total. The minimum absolute atomic E-state index is 0.411. The number of nitrogens with two attached hydrogens (primary N) is 1. The summed E-state index contributed by atoms with van der Waals surface area (Å²) in [5.74, 6) is 0. The van der Waals surface area contributed by atoms with E-state index in [1.165, 1.54) is 0 Å². The molecule has 0 aliphatic heterocycles. The van der Waals surface area contributed by atoms with Crippen LogP contribution >= 0.6 is 23.2 Å². The van der Waals surface area contributed by atoms with E-state index in [0.29, 0.717) is 15.7 Å². The van der Waals surface area contributed by atoms with E-state index < -0.39 is 6.04 Å². The second-order valence-electron chi connectivity index (χ2n) is 4.44. The van der Waals surface area contributed by atoms with E-state index in [0.717, 1.165) is 16.3 Å². The van der Waals surface area contributed by atoms with Gasteiger partial charge in [-0.1, -0.05) is 41.4 Å². The first-order valence-electron chi connectivity index (χ1n) is 6.06. The number of hydrogen-bond acceptors (Lipinski definition) is 3. The van der Waals surface area contributed by atoms with Crippen molar-refractivity contribution in [3.63, 3.8) is 0 Å². The van der Waals surface area contributed by atoms with Crippen molar-refractivity contribution in [2.45, 2.75) is 6.04 Å². The molecule has 3 rings (SSSR count). The van der Waals surface area contributed by atoms with Gasteiger partial charge in [0.1, 0.15) is 0 Å². The van der Waals surface area contributed by atoms with E-state index in [1.54, 1.807) is 18.5 Å². The molecule has 3 aromatic rings. The molecule has 0 radical (unpaired) electrons. The smallest absolute Gasteiger partial charge is 0.0803 e. The lowest BCUT2D eigenvalue weighted by molar-refractivity contribution is 0.837. The van der Waals surface area contributed by atoms with Crippen molar-refractivity contribution in [1.29, 1.82) is 0 Å². The van der Waals surface area contributed by atoms with Crippen LogP contribution in [0.3, 0.4) is 0 Å². The zero-order valence-electron chi connectivity index (χ0n) is 10.4. The van der Waals surface area contributed by atoms with Crippen molar-refractivity contribution in [1.82, 2.24) is 9.97 Å². The number of pyridine rings is 2. The second-order valence-corrected chi connectivity index (χ2v) is 5.29. The standard InChI is InChI=1S/C15H11Cl2N3/c16-10-6-13(17)15(20-8-10)14(18)12-3-1-2-9-7-19-5-4-11(9)12/h1-8,14H,18H2. The Balaban J connectivity index is 2.15. The summed E-state index contributed by atoms with van der Waals surface area (Å²) in [4.78, 5) is 8.37. The summed E-state index contributed by atoms with van der Waals surface area (Å²) >= 11 is 12.1. The Bertz CT molecular complexity index is 769. The summed E-state index contributed by atoms with van der Waals surface area (Å²) in [5, 5.41) is 3.04. The number of fused-ring (bicyclic) bond motifs is 1. The lowest BCUT2D eigenvalue weighted by Gasteiger charge is -2.15. The van der Waals surface area contributed by atoms with Crippen LogP contribution in [0.15, 0.2) is 48.9 Å². The van der Waals surface area contributed by atoms with Crippen molar-refractivity contribution in [2.24, 2.45) is 5.73 Å². The number of nitrogens with zero attached hydrogens (tertiary/aromatic N) is 2. The van der Waals surface area contributed by atoms with Gasteiger partial charge in [0.05, 0.1) is 21.8 Å². The van der Waals surface area contributed by atoms with E-state index in [2.05, 4.69) is 9.97 Å². The summed E-state index contributed by atoms with van der Waals surface area (Å²) in [5.41, 5.74) is 7.89. The maximum atomic E-state index is 6.32. The van der Waals surface area contributed by atoms with Crippen LogP contribution in [-0.2, 0) is 0 Å². The third-order valence-electron chi connectivity index (χ3n) is 3.18. The number of hydrogen-bond donors (Lipinski definition) is 1. The van der Waals surface area contributed by atoms with Crippen molar-refractivity contribution in [3.05, 3.63) is 70.2 Å². The van der Waals surface area contributed by atoms with Crippen LogP contribution in [0.1, 0.15) is 17.3 Å². The molecule has 0 aliphatic rings. The van der Waals surface area contributed by atoms with Crippen LogP contribution < -0.4 is 5.73 Å². The maximum absolute atomic E-state index is 6.32. The van der Waals surface area contributed by atoms with Crippen molar-refractivity contribution in [2.75, 3.05) is 0 Å². The molecule has 5 heteroatoms. The Morgan fingerprint density at radius 1 is 1.10 bits per heavy atom. The maximum Gasteiger partial charge on any atom is 0.0803 e. The predicted molar refractivity (Wildman–Crippen MR) is 82.0 cm³/mol. The fraction of sp³-hybridized carbons (Fsp3) is 0.0667. The van der Waals surface area contributed by atoms with Gasteiger partial charge in [0.15, 0.2) is 0 Å². The molecule has 100 valence electrons. The van der Waals surface area contributed by atoms with Gasteiger partial charge >= 0.3 is 0 Å². The summed E-state index contributed by atoms with van der Waals surface area (Å²) < 4.78 is 0. The molecular formula is C15H11Cl2N3. The van der Waals surface area contributed by atoms with Gasteiger partial charge in [0, 0.05) is 24.0 Å². The highest BCUT2D eigenvalue weighted by Crippen LogP contribution is 2.30. The fourth-order valence-electron chi connectivity index (χ4n) is 2.22. The third kappa shape index (κ3) is 2.36. The normalized spacial score (nSPS) is 12.6.